The molecule has 9 heteroatoms. The first-order valence-corrected chi connectivity index (χ1v) is 9.19. The molecule has 0 bridgehead atoms. The van der Waals surface area contributed by atoms with Crippen molar-refractivity contribution < 1.29 is 4.42 Å². The van der Waals surface area contributed by atoms with E-state index in [4.69, 9.17) is 4.42 Å². The van der Waals surface area contributed by atoms with Crippen LogP contribution >= 0.6 is 0 Å². The van der Waals surface area contributed by atoms with E-state index in [-0.39, 0.29) is 0 Å². The Morgan fingerprint density at radius 2 is 2.37 bits per heavy atom. The maximum absolute atomic E-state index is 5.34. The van der Waals surface area contributed by atoms with Gasteiger partial charge in [0.1, 0.15) is 12.1 Å². The van der Waals surface area contributed by atoms with E-state index >= 15 is 0 Å². The predicted octanol–water partition coefficient (Wildman–Crippen LogP) is 1.30. The summed E-state index contributed by atoms with van der Waals surface area (Å²) in [5, 5.41) is 14.9. The lowest BCUT2D eigenvalue weighted by atomic mass is 9.98. The second kappa shape index (κ2) is 8.07. The molecular formula is C18H24N8O. The number of furan rings is 1. The minimum Gasteiger partial charge on any atom is -0.467 e. The maximum Gasteiger partial charge on any atom is 0.203 e. The highest BCUT2D eigenvalue weighted by Gasteiger charge is 2.23. The molecule has 1 aliphatic heterocycles. The van der Waals surface area contributed by atoms with Gasteiger partial charge in [-0.1, -0.05) is 0 Å². The molecule has 0 spiro atoms. The molecule has 3 aromatic heterocycles. The summed E-state index contributed by atoms with van der Waals surface area (Å²) in [5.41, 5.74) is 0.807. The van der Waals surface area contributed by atoms with Gasteiger partial charge < -0.3 is 20.0 Å². The smallest absolute Gasteiger partial charge is 0.203 e. The standard InChI is InChI=1S/C18H24N8O/c1-19-18(22-11-15-5-3-9-27-15)21-10-14-4-2-7-25(12-14)16-17-24-23-13-26(17)8-6-20-16/h3,5-6,8-9,13-14H,2,4,7,10-12H2,1H3,(H2,19,21,22). The van der Waals surface area contributed by atoms with Crippen LogP contribution in [0.3, 0.4) is 0 Å². The second-order valence-electron chi connectivity index (χ2n) is 6.65. The van der Waals surface area contributed by atoms with E-state index in [1.807, 2.05) is 22.7 Å². The predicted molar refractivity (Wildman–Crippen MR) is 103 cm³/mol. The lowest BCUT2D eigenvalue weighted by Crippen LogP contribution is -2.44. The fourth-order valence-corrected chi connectivity index (χ4v) is 3.44. The number of fused-ring (bicyclic) bond motifs is 1. The van der Waals surface area contributed by atoms with E-state index in [0.29, 0.717) is 12.5 Å². The average Bonchev–Trinajstić information content (AvgIpc) is 3.40. The highest BCUT2D eigenvalue weighted by molar-refractivity contribution is 5.79. The van der Waals surface area contributed by atoms with Crippen LogP contribution in [-0.2, 0) is 6.54 Å². The van der Waals surface area contributed by atoms with Crippen LogP contribution in [0.25, 0.3) is 5.65 Å². The zero-order valence-corrected chi connectivity index (χ0v) is 15.4. The molecule has 4 heterocycles. The Morgan fingerprint density at radius 1 is 1.41 bits per heavy atom. The lowest BCUT2D eigenvalue weighted by molar-refractivity contribution is 0.408. The molecule has 2 N–H and O–H groups in total. The van der Waals surface area contributed by atoms with E-state index < -0.39 is 0 Å². The molecule has 1 unspecified atom stereocenters. The summed E-state index contributed by atoms with van der Waals surface area (Å²) < 4.78 is 7.25. The fraction of sp³-hybridized carbons (Fsp3) is 0.444. The van der Waals surface area contributed by atoms with Gasteiger partial charge in [-0.2, -0.15) is 0 Å². The van der Waals surface area contributed by atoms with E-state index in [1.54, 1.807) is 25.8 Å². The van der Waals surface area contributed by atoms with E-state index in [9.17, 15) is 0 Å². The molecule has 0 amide bonds. The SMILES string of the molecule is CN=C(NCc1ccco1)NCC1CCCN(c2nccn3cnnc23)C1. The molecule has 1 saturated heterocycles. The van der Waals surface area contributed by atoms with E-state index in [0.717, 1.165) is 49.2 Å². The van der Waals surface area contributed by atoms with Crippen molar-refractivity contribution >= 4 is 17.4 Å². The summed E-state index contributed by atoms with van der Waals surface area (Å²) in [6, 6.07) is 3.82. The summed E-state index contributed by atoms with van der Waals surface area (Å²) in [5.74, 6) is 3.07. The van der Waals surface area contributed by atoms with Crippen LogP contribution in [0.5, 0.6) is 0 Å². The van der Waals surface area contributed by atoms with Crippen LogP contribution in [-0.4, -0.2) is 52.2 Å². The normalized spacial score (nSPS) is 18.0. The molecule has 0 aliphatic carbocycles. The van der Waals surface area contributed by atoms with Crippen LogP contribution in [0.1, 0.15) is 18.6 Å². The zero-order chi connectivity index (χ0) is 18.5. The van der Waals surface area contributed by atoms with E-state index in [2.05, 4.69) is 35.7 Å². The highest BCUT2D eigenvalue weighted by atomic mass is 16.3. The Labute approximate surface area is 157 Å². The van der Waals surface area contributed by atoms with Crippen LogP contribution < -0.4 is 15.5 Å². The summed E-state index contributed by atoms with van der Waals surface area (Å²) in [6.45, 7) is 3.38. The van der Waals surface area contributed by atoms with Crippen LogP contribution in [0.2, 0.25) is 0 Å². The summed E-state index contributed by atoms with van der Waals surface area (Å²) in [7, 11) is 1.78. The quantitative estimate of drug-likeness (QED) is 0.518. The van der Waals surface area contributed by atoms with Crippen LogP contribution in [0.15, 0.2) is 46.5 Å². The second-order valence-corrected chi connectivity index (χ2v) is 6.65. The van der Waals surface area contributed by atoms with Gasteiger partial charge in [-0.3, -0.25) is 9.39 Å². The number of rotatable bonds is 5. The number of nitrogens with zero attached hydrogens (tertiary/aromatic N) is 6. The molecule has 9 nitrogen and oxygen atoms in total. The van der Waals surface area contributed by atoms with Gasteiger partial charge in [0.15, 0.2) is 11.8 Å². The zero-order valence-electron chi connectivity index (χ0n) is 15.4. The van der Waals surface area contributed by atoms with Crippen molar-refractivity contribution in [1.29, 1.82) is 0 Å². The van der Waals surface area contributed by atoms with Crippen molar-refractivity contribution in [3.8, 4) is 0 Å². The number of anilines is 1. The summed E-state index contributed by atoms with van der Waals surface area (Å²) >= 11 is 0. The number of piperidine rings is 1. The van der Waals surface area contributed by atoms with Crippen molar-refractivity contribution in [2.24, 2.45) is 10.9 Å². The third kappa shape index (κ3) is 4.02. The largest absolute Gasteiger partial charge is 0.467 e. The molecule has 1 fully saturated rings. The van der Waals surface area contributed by atoms with Crippen molar-refractivity contribution in [2.75, 3.05) is 31.6 Å². The Bertz CT molecular complexity index is 888. The maximum atomic E-state index is 5.34. The number of nitrogens with one attached hydrogen (secondary N) is 2. The van der Waals surface area contributed by atoms with Crippen molar-refractivity contribution in [3.63, 3.8) is 0 Å². The number of guanidine groups is 1. The molecule has 1 atom stereocenters. The Hall–Kier alpha value is -3.10. The third-order valence-corrected chi connectivity index (χ3v) is 4.81. The fourth-order valence-electron chi connectivity index (χ4n) is 3.44. The minimum absolute atomic E-state index is 0.505. The molecule has 0 radical (unpaired) electrons. The monoisotopic (exact) mass is 368 g/mol. The average molecular weight is 368 g/mol. The molecule has 1 aliphatic rings. The molecule has 4 rings (SSSR count). The van der Waals surface area contributed by atoms with Crippen LogP contribution in [0, 0.1) is 5.92 Å². The number of hydrogen-bond donors (Lipinski definition) is 2. The molecule has 0 saturated carbocycles. The van der Waals surface area contributed by atoms with Gasteiger partial charge in [-0.25, -0.2) is 4.98 Å². The van der Waals surface area contributed by atoms with Gasteiger partial charge >= 0.3 is 0 Å². The Kier molecular flexibility index (Phi) is 5.17. The van der Waals surface area contributed by atoms with Gasteiger partial charge in [-0.15, -0.1) is 10.2 Å². The lowest BCUT2D eigenvalue weighted by Gasteiger charge is -2.33. The molecule has 0 aromatic carbocycles. The molecular weight excluding hydrogens is 344 g/mol. The first kappa shape index (κ1) is 17.3. The topological polar surface area (TPSA) is 95.9 Å². The Balaban J connectivity index is 1.33. The molecule has 27 heavy (non-hydrogen) atoms. The number of aromatic nitrogens is 4. The van der Waals surface area contributed by atoms with Crippen LogP contribution in [0.4, 0.5) is 5.82 Å². The van der Waals surface area contributed by atoms with Crippen molar-refractivity contribution in [1.82, 2.24) is 30.2 Å². The molecule has 3 aromatic rings. The minimum atomic E-state index is 0.505. The first-order valence-electron chi connectivity index (χ1n) is 9.19. The van der Waals surface area contributed by atoms with Crippen molar-refractivity contribution in [2.45, 2.75) is 19.4 Å². The number of aliphatic imine (C=N–C) groups is 1. The van der Waals surface area contributed by atoms with Gasteiger partial charge in [0.05, 0.1) is 12.8 Å². The number of hydrogen-bond acceptors (Lipinski definition) is 6. The molecule has 142 valence electrons. The summed E-state index contributed by atoms with van der Waals surface area (Å²) in [6.07, 6.45) is 9.35. The summed E-state index contributed by atoms with van der Waals surface area (Å²) in [4.78, 5) is 11.1. The first-order chi connectivity index (χ1) is 13.3. The third-order valence-electron chi connectivity index (χ3n) is 4.81. The Morgan fingerprint density at radius 3 is 3.22 bits per heavy atom. The van der Waals surface area contributed by atoms with Crippen molar-refractivity contribution in [3.05, 3.63) is 42.9 Å². The van der Waals surface area contributed by atoms with Gasteiger partial charge in [0.25, 0.3) is 0 Å². The van der Waals surface area contributed by atoms with Gasteiger partial charge in [0.2, 0.25) is 5.65 Å². The highest BCUT2D eigenvalue weighted by Crippen LogP contribution is 2.23. The van der Waals surface area contributed by atoms with Gasteiger partial charge in [-0.05, 0) is 30.9 Å². The van der Waals surface area contributed by atoms with Gasteiger partial charge in [0, 0.05) is 39.1 Å². The van der Waals surface area contributed by atoms with E-state index in [1.165, 1.54) is 6.42 Å².